The monoisotopic (exact) mass is 435 g/mol. The molecule has 3 rings (SSSR count). The first-order valence-corrected chi connectivity index (χ1v) is 11.3. The smallest absolute Gasteiger partial charge is 0.295 e. The Morgan fingerprint density at radius 2 is 1.69 bits per heavy atom. The third-order valence-electron chi connectivity index (χ3n) is 5.99. The highest BCUT2D eigenvalue weighted by atomic mass is 16.2. The third kappa shape index (κ3) is 5.61. The second-order valence-corrected chi connectivity index (χ2v) is 9.56. The highest BCUT2D eigenvalue weighted by Crippen LogP contribution is 2.31. The topological polar surface area (TPSA) is 79.4 Å². The second kappa shape index (κ2) is 10.1. The molecule has 1 heterocycles. The van der Waals surface area contributed by atoms with Gasteiger partial charge in [-0.25, -0.2) is 0 Å². The molecule has 6 heteroatoms. The molecule has 2 aromatic rings. The van der Waals surface area contributed by atoms with Crippen molar-refractivity contribution in [3.63, 3.8) is 0 Å². The maximum Gasteiger partial charge on any atom is 0.295 e. The van der Waals surface area contributed by atoms with Gasteiger partial charge in [-0.1, -0.05) is 58.2 Å². The van der Waals surface area contributed by atoms with Gasteiger partial charge < -0.3 is 5.32 Å². The summed E-state index contributed by atoms with van der Waals surface area (Å²) < 4.78 is 0. The molecule has 1 atom stereocenters. The van der Waals surface area contributed by atoms with Crippen LogP contribution >= 0.6 is 0 Å². The van der Waals surface area contributed by atoms with E-state index in [9.17, 15) is 14.4 Å². The molecule has 6 nitrogen and oxygen atoms in total. The number of carbonyl (C=O) groups excluding carboxylic acids is 3. The van der Waals surface area contributed by atoms with Crippen LogP contribution in [0.1, 0.15) is 77.0 Å². The molecule has 0 unspecified atom stereocenters. The number of amides is 2. The Morgan fingerprint density at radius 1 is 1.03 bits per heavy atom. The number of aromatic nitrogens is 1. The summed E-state index contributed by atoms with van der Waals surface area (Å²) >= 11 is 0. The van der Waals surface area contributed by atoms with E-state index in [0.29, 0.717) is 11.3 Å². The fourth-order valence-electron chi connectivity index (χ4n) is 4.16. The summed E-state index contributed by atoms with van der Waals surface area (Å²) in [5.41, 5.74) is 2.11. The van der Waals surface area contributed by atoms with Crippen molar-refractivity contribution in [2.75, 3.05) is 4.90 Å². The standard InChI is InChI=1S/C26H33N3O3/c1-18(30)25(32)29(22-14-12-20(13-15-22)26(2,3)4)23(19-9-8-16-27-17-19)24(31)28-21-10-6-5-7-11-21/h8-9,12-17,21,23H,5-7,10-11H2,1-4H3,(H,28,31)/t23-/m1/s1. The first kappa shape index (κ1) is 23.6. The van der Waals surface area contributed by atoms with Gasteiger partial charge in [-0.3, -0.25) is 24.3 Å². The van der Waals surface area contributed by atoms with Gasteiger partial charge in [0.25, 0.3) is 5.91 Å². The van der Waals surface area contributed by atoms with Crippen LogP contribution in [0, 0.1) is 0 Å². The summed E-state index contributed by atoms with van der Waals surface area (Å²) in [5.74, 6) is -1.63. The van der Waals surface area contributed by atoms with Crippen LogP contribution < -0.4 is 10.2 Å². The summed E-state index contributed by atoms with van der Waals surface area (Å²) in [6, 6.07) is 10.1. The largest absolute Gasteiger partial charge is 0.351 e. The SMILES string of the molecule is CC(=O)C(=O)N(c1ccc(C(C)(C)C)cc1)[C@@H](C(=O)NC1CCCCC1)c1cccnc1. The molecule has 1 fully saturated rings. The van der Waals surface area contributed by atoms with E-state index >= 15 is 0 Å². The fraction of sp³-hybridized carbons (Fsp3) is 0.462. The molecule has 0 saturated heterocycles. The molecule has 1 saturated carbocycles. The van der Waals surface area contributed by atoms with Crippen LogP contribution in [0.5, 0.6) is 0 Å². The van der Waals surface area contributed by atoms with Crippen molar-refractivity contribution < 1.29 is 14.4 Å². The third-order valence-corrected chi connectivity index (χ3v) is 5.99. The van der Waals surface area contributed by atoms with E-state index < -0.39 is 17.7 Å². The molecule has 1 aromatic carbocycles. The van der Waals surface area contributed by atoms with E-state index in [4.69, 9.17) is 0 Å². The zero-order valence-corrected chi connectivity index (χ0v) is 19.4. The van der Waals surface area contributed by atoms with Gasteiger partial charge in [0.15, 0.2) is 0 Å². The van der Waals surface area contributed by atoms with Gasteiger partial charge >= 0.3 is 0 Å². The van der Waals surface area contributed by atoms with Crippen molar-refractivity contribution in [1.29, 1.82) is 0 Å². The number of anilines is 1. The summed E-state index contributed by atoms with van der Waals surface area (Å²) in [6.07, 6.45) is 8.37. The van der Waals surface area contributed by atoms with Crippen LogP contribution in [0.2, 0.25) is 0 Å². The second-order valence-electron chi connectivity index (χ2n) is 9.56. The number of carbonyl (C=O) groups is 3. The highest BCUT2D eigenvalue weighted by Gasteiger charge is 2.35. The molecule has 0 spiro atoms. The molecule has 1 N–H and O–H groups in total. The Labute approximate surface area is 190 Å². The number of ketones is 1. The summed E-state index contributed by atoms with van der Waals surface area (Å²) in [6.45, 7) is 7.56. The number of hydrogen-bond donors (Lipinski definition) is 1. The van der Waals surface area contributed by atoms with Gasteiger partial charge in [0.05, 0.1) is 0 Å². The minimum atomic E-state index is -0.984. The van der Waals surface area contributed by atoms with Crippen LogP contribution in [0.25, 0.3) is 0 Å². The molecule has 1 aliphatic rings. The Balaban J connectivity index is 2.04. The summed E-state index contributed by atoms with van der Waals surface area (Å²) in [4.78, 5) is 44.3. The van der Waals surface area contributed by atoms with E-state index in [1.54, 1.807) is 36.7 Å². The summed E-state index contributed by atoms with van der Waals surface area (Å²) in [7, 11) is 0. The number of pyridine rings is 1. The van der Waals surface area contributed by atoms with Crippen molar-refractivity contribution in [2.24, 2.45) is 0 Å². The lowest BCUT2D eigenvalue weighted by molar-refractivity contribution is -0.136. The lowest BCUT2D eigenvalue weighted by atomic mass is 9.87. The van der Waals surface area contributed by atoms with Crippen LogP contribution in [-0.2, 0) is 19.8 Å². The van der Waals surface area contributed by atoms with E-state index in [0.717, 1.165) is 31.2 Å². The predicted molar refractivity (Wildman–Crippen MR) is 125 cm³/mol. The normalized spacial score (nSPS) is 15.6. The van der Waals surface area contributed by atoms with Gasteiger partial charge in [0.2, 0.25) is 11.7 Å². The molecule has 0 radical (unpaired) electrons. The van der Waals surface area contributed by atoms with Crippen molar-refractivity contribution >= 4 is 23.3 Å². The minimum absolute atomic E-state index is 0.0605. The molecule has 2 amide bonds. The van der Waals surface area contributed by atoms with Crippen molar-refractivity contribution in [3.8, 4) is 0 Å². The van der Waals surface area contributed by atoms with Crippen molar-refractivity contribution in [3.05, 3.63) is 59.9 Å². The highest BCUT2D eigenvalue weighted by molar-refractivity contribution is 6.41. The van der Waals surface area contributed by atoms with Gasteiger partial charge in [0, 0.05) is 36.6 Å². The number of nitrogens with zero attached hydrogens (tertiary/aromatic N) is 2. The number of nitrogens with one attached hydrogen (secondary N) is 1. The molecule has 0 aliphatic heterocycles. The first-order valence-electron chi connectivity index (χ1n) is 11.3. The maximum atomic E-state index is 13.5. The van der Waals surface area contributed by atoms with Crippen LogP contribution in [0.4, 0.5) is 5.69 Å². The number of Topliss-reactive ketones (excluding diaryl/α,β-unsaturated/α-hetero) is 1. The zero-order chi connectivity index (χ0) is 23.3. The number of hydrogen-bond acceptors (Lipinski definition) is 4. The molecule has 0 bridgehead atoms. The van der Waals surface area contributed by atoms with Crippen molar-refractivity contribution in [2.45, 2.75) is 77.3 Å². The van der Waals surface area contributed by atoms with E-state index in [2.05, 4.69) is 31.1 Å². The Bertz CT molecular complexity index is 943. The first-order chi connectivity index (χ1) is 15.2. The Morgan fingerprint density at radius 3 is 2.22 bits per heavy atom. The fourth-order valence-corrected chi connectivity index (χ4v) is 4.16. The van der Waals surface area contributed by atoms with Crippen LogP contribution in [0.15, 0.2) is 48.8 Å². The average molecular weight is 436 g/mol. The summed E-state index contributed by atoms with van der Waals surface area (Å²) in [5, 5.41) is 3.13. The number of rotatable bonds is 6. The van der Waals surface area contributed by atoms with E-state index in [1.165, 1.54) is 18.2 Å². The average Bonchev–Trinajstić information content (AvgIpc) is 2.77. The molecule has 1 aromatic heterocycles. The molecule has 32 heavy (non-hydrogen) atoms. The molecule has 170 valence electrons. The molecular formula is C26H33N3O3. The quantitative estimate of drug-likeness (QED) is 0.678. The lowest BCUT2D eigenvalue weighted by Crippen LogP contribution is -2.48. The maximum absolute atomic E-state index is 13.5. The van der Waals surface area contributed by atoms with E-state index in [-0.39, 0.29) is 17.4 Å². The minimum Gasteiger partial charge on any atom is -0.351 e. The van der Waals surface area contributed by atoms with Gasteiger partial charge in [-0.2, -0.15) is 0 Å². The molecular weight excluding hydrogens is 402 g/mol. The Hall–Kier alpha value is -3.02. The van der Waals surface area contributed by atoms with Crippen LogP contribution in [0.3, 0.4) is 0 Å². The van der Waals surface area contributed by atoms with Crippen LogP contribution in [-0.4, -0.2) is 28.6 Å². The van der Waals surface area contributed by atoms with Gasteiger partial charge in [-0.05, 0) is 42.0 Å². The van der Waals surface area contributed by atoms with Gasteiger partial charge in [-0.15, -0.1) is 0 Å². The predicted octanol–water partition coefficient (Wildman–Crippen LogP) is 4.49. The zero-order valence-electron chi connectivity index (χ0n) is 19.4. The van der Waals surface area contributed by atoms with E-state index in [1.807, 2.05) is 12.1 Å². The number of benzene rings is 1. The van der Waals surface area contributed by atoms with Crippen molar-refractivity contribution in [1.82, 2.24) is 10.3 Å². The van der Waals surface area contributed by atoms with Gasteiger partial charge in [0.1, 0.15) is 6.04 Å². The Kier molecular flexibility index (Phi) is 7.44. The lowest BCUT2D eigenvalue weighted by Gasteiger charge is -2.33. The molecule has 1 aliphatic carbocycles.